The normalized spacial score (nSPS) is 10.7. The Kier molecular flexibility index (Phi) is 4.18. The van der Waals surface area contributed by atoms with E-state index in [0.717, 1.165) is 5.56 Å². The van der Waals surface area contributed by atoms with Crippen LogP contribution in [0.2, 0.25) is 0 Å². The number of nitrogens with zero attached hydrogens (tertiary/aromatic N) is 4. The van der Waals surface area contributed by atoms with Crippen molar-refractivity contribution in [1.29, 1.82) is 0 Å². The van der Waals surface area contributed by atoms with Gasteiger partial charge >= 0.3 is 0 Å². The maximum Gasteiger partial charge on any atom is 0.258 e. The molecule has 23 heavy (non-hydrogen) atoms. The number of hydrogen-bond donors (Lipinski definition) is 1. The van der Waals surface area contributed by atoms with Crippen LogP contribution in [-0.2, 0) is 13.1 Å². The van der Waals surface area contributed by atoms with Crippen molar-refractivity contribution >= 4 is 11.6 Å². The second-order valence-electron chi connectivity index (χ2n) is 5.09. The molecule has 2 aromatic heterocycles. The Labute approximate surface area is 132 Å². The number of aryl methyl sites for hydroxylation is 1. The van der Waals surface area contributed by atoms with Crippen LogP contribution in [0.5, 0.6) is 0 Å². The summed E-state index contributed by atoms with van der Waals surface area (Å²) in [7, 11) is 0. The zero-order chi connectivity index (χ0) is 16.2. The molecule has 0 spiro atoms. The second-order valence-corrected chi connectivity index (χ2v) is 5.09. The monoisotopic (exact) mass is 313 g/mol. The predicted octanol–water partition coefficient (Wildman–Crippen LogP) is 2.54. The molecule has 6 nitrogen and oxygen atoms in total. The van der Waals surface area contributed by atoms with Crippen molar-refractivity contribution in [2.75, 3.05) is 5.32 Å². The molecule has 0 bridgehead atoms. The van der Waals surface area contributed by atoms with E-state index >= 15 is 0 Å². The van der Waals surface area contributed by atoms with Crippen LogP contribution in [0.25, 0.3) is 0 Å². The van der Waals surface area contributed by atoms with Crippen LogP contribution in [0.3, 0.4) is 0 Å². The average molecular weight is 313 g/mol. The molecule has 0 atom stereocenters. The zero-order valence-corrected chi connectivity index (χ0v) is 12.6. The molecule has 0 aliphatic heterocycles. The van der Waals surface area contributed by atoms with Crippen LogP contribution in [0.4, 0.5) is 10.1 Å². The molecular formula is C16H16FN5O. The number of nitrogens with one attached hydrogen (secondary N) is 1. The van der Waals surface area contributed by atoms with Gasteiger partial charge in [-0.15, -0.1) is 0 Å². The molecule has 0 radical (unpaired) electrons. The molecule has 2 heterocycles. The van der Waals surface area contributed by atoms with Crippen molar-refractivity contribution in [3.05, 3.63) is 66.0 Å². The number of benzene rings is 1. The minimum absolute atomic E-state index is 0.231. The van der Waals surface area contributed by atoms with E-state index in [4.69, 9.17) is 0 Å². The number of aromatic nitrogens is 4. The summed E-state index contributed by atoms with van der Waals surface area (Å²) in [5, 5.41) is 11.0. The highest BCUT2D eigenvalue weighted by Crippen LogP contribution is 2.10. The molecule has 0 aliphatic carbocycles. The third kappa shape index (κ3) is 3.63. The summed E-state index contributed by atoms with van der Waals surface area (Å²) in [5.74, 6) is -0.499. The van der Waals surface area contributed by atoms with Crippen molar-refractivity contribution < 1.29 is 9.18 Å². The maximum atomic E-state index is 12.9. The van der Waals surface area contributed by atoms with Crippen LogP contribution in [0, 0.1) is 5.82 Å². The quantitative estimate of drug-likeness (QED) is 0.787. The Bertz CT molecular complexity index is 806. The maximum absolute atomic E-state index is 12.9. The van der Waals surface area contributed by atoms with Crippen molar-refractivity contribution in [2.24, 2.45) is 0 Å². The fraction of sp³-hybridized carbons (Fsp3) is 0.188. The van der Waals surface area contributed by atoms with Gasteiger partial charge in [0.25, 0.3) is 5.91 Å². The Hall–Kier alpha value is -2.96. The van der Waals surface area contributed by atoms with Crippen molar-refractivity contribution in [2.45, 2.75) is 20.0 Å². The summed E-state index contributed by atoms with van der Waals surface area (Å²) in [6.07, 6.45) is 6.53. The molecule has 3 aromatic rings. The smallest absolute Gasteiger partial charge is 0.258 e. The van der Waals surface area contributed by atoms with Crippen LogP contribution in [0.1, 0.15) is 22.8 Å². The first-order chi connectivity index (χ1) is 11.1. The molecule has 0 unspecified atom stereocenters. The van der Waals surface area contributed by atoms with Crippen LogP contribution in [0.15, 0.2) is 49.1 Å². The highest BCUT2D eigenvalue weighted by molar-refractivity contribution is 6.03. The molecule has 0 fully saturated rings. The standard InChI is InChI=1S/C16H16FN5O/c1-2-21-10-13(7-18-21)16(23)20-15-8-19-22(11-15)9-12-3-5-14(17)6-4-12/h3-8,10-11H,2,9H2,1H3,(H,20,23). The van der Waals surface area contributed by atoms with Gasteiger partial charge in [-0.05, 0) is 24.6 Å². The van der Waals surface area contributed by atoms with Gasteiger partial charge in [-0.1, -0.05) is 12.1 Å². The summed E-state index contributed by atoms with van der Waals surface area (Å²) in [5.41, 5.74) is 2.02. The Morgan fingerprint density at radius 2 is 1.87 bits per heavy atom. The van der Waals surface area contributed by atoms with Gasteiger partial charge in [0, 0.05) is 18.9 Å². The van der Waals surface area contributed by atoms with Gasteiger partial charge in [-0.2, -0.15) is 10.2 Å². The third-order valence-corrected chi connectivity index (χ3v) is 3.37. The number of rotatable bonds is 5. The molecule has 118 valence electrons. The van der Waals surface area contributed by atoms with Crippen LogP contribution < -0.4 is 5.32 Å². The van der Waals surface area contributed by atoms with Gasteiger partial charge < -0.3 is 5.32 Å². The zero-order valence-electron chi connectivity index (χ0n) is 12.6. The van der Waals surface area contributed by atoms with E-state index in [1.807, 2.05) is 6.92 Å². The number of anilines is 1. The first-order valence-corrected chi connectivity index (χ1v) is 7.25. The lowest BCUT2D eigenvalue weighted by molar-refractivity contribution is 0.102. The van der Waals surface area contributed by atoms with Gasteiger partial charge in [-0.25, -0.2) is 4.39 Å². The lowest BCUT2D eigenvalue weighted by Gasteiger charge is -2.02. The Morgan fingerprint density at radius 1 is 1.13 bits per heavy atom. The number of hydrogen-bond acceptors (Lipinski definition) is 3. The summed E-state index contributed by atoms with van der Waals surface area (Å²) in [6, 6.07) is 6.22. The highest BCUT2D eigenvalue weighted by atomic mass is 19.1. The van der Waals surface area contributed by atoms with Gasteiger partial charge in [-0.3, -0.25) is 14.2 Å². The molecule has 0 saturated heterocycles. The van der Waals surface area contributed by atoms with E-state index in [1.165, 1.54) is 18.3 Å². The Morgan fingerprint density at radius 3 is 2.57 bits per heavy atom. The highest BCUT2D eigenvalue weighted by Gasteiger charge is 2.10. The second kappa shape index (κ2) is 6.43. The first-order valence-electron chi connectivity index (χ1n) is 7.25. The molecule has 0 saturated carbocycles. The van der Waals surface area contributed by atoms with E-state index in [1.54, 1.807) is 40.1 Å². The van der Waals surface area contributed by atoms with E-state index in [2.05, 4.69) is 15.5 Å². The molecule has 1 N–H and O–H groups in total. The SMILES string of the molecule is CCn1cc(C(=O)Nc2cnn(Cc3ccc(F)cc3)c2)cn1. The van der Waals surface area contributed by atoms with Gasteiger partial charge in [0.1, 0.15) is 5.82 Å². The molecule has 7 heteroatoms. The molecular weight excluding hydrogens is 297 g/mol. The topological polar surface area (TPSA) is 64.7 Å². The predicted molar refractivity (Wildman–Crippen MR) is 83.6 cm³/mol. The van der Waals surface area contributed by atoms with Crippen molar-refractivity contribution in [1.82, 2.24) is 19.6 Å². The summed E-state index contributed by atoms with van der Waals surface area (Å²) >= 11 is 0. The van der Waals surface area contributed by atoms with E-state index < -0.39 is 0 Å². The van der Waals surface area contributed by atoms with E-state index in [-0.39, 0.29) is 11.7 Å². The first kappa shape index (κ1) is 15.0. The summed E-state index contributed by atoms with van der Waals surface area (Å²) in [4.78, 5) is 12.1. The largest absolute Gasteiger partial charge is 0.319 e. The lowest BCUT2D eigenvalue weighted by Crippen LogP contribution is -2.10. The molecule has 3 rings (SSSR count). The fourth-order valence-corrected chi connectivity index (χ4v) is 2.15. The minimum Gasteiger partial charge on any atom is -0.319 e. The minimum atomic E-state index is -0.269. The summed E-state index contributed by atoms with van der Waals surface area (Å²) < 4.78 is 16.3. The van der Waals surface area contributed by atoms with Crippen LogP contribution >= 0.6 is 0 Å². The fourth-order valence-electron chi connectivity index (χ4n) is 2.15. The Balaban J connectivity index is 1.64. The number of carbonyl (C=O) groups excluding carboxylic acids is 1. The number of amides is 1. The van der Waals surface area contributed by atoms with Crippen LogP contribution in [-0.4, -0.2) is 25.5 Å². The number of halogens is 1. The van der Waals surface area contributed by atoms with Crippen molar-refractivity contribution in [3.63, 3.8) is 0 Å². The van der Waals surface area contributed by atoms with Gasteiger partial charge in [0.05, 0.1) is 30.2 Å². The van der Waals surface area contributed by atoms with Gasteiger partial charge in [0.2, 0.25) is 0 Å². The van der Waals surface area contributed by atoms with Gasteiger partial charge in [0.15, 0.2) is 0 Å². The van der Waals surface area contributed by atoms with E-state index in [0.29, 0.717) is 24.3 Å². The van der Waals surface area contributed by atoms with E-state index in [9.17, 15) is 9.18 Å². The average Bonchev–Trinajstić information content (AvgIpc) is 3.19. The summed E-state index contributed by atoms with van der Waals surface area (Å²) in [6.45, 7) is 3.17. The molecule has 1 aromatic carbocycles. The molecule has 0 aliphatic rings. The molecule has 1 amide bonds. The third-order valence-electron chi connectivity index (χ3n) is 3.37. The van der Waals surface area contributed by atoms with Crippen molar-refractivity contribution in [3.8, 4) is 0 Å². The number of carbonyl (C=O) groups is 1. The lowest BCUT2D eigenvalue weighted by atomic mass is 10.2.